The Morgan fingerprint density at radius 1 is 1.40 bits per heavy atom. The summed E-state index contributed by atoms with van der Waals surface area (Å²) in [6.07, 6.45) is 0. The van der Waals surface area contributed by atoms with Crippen molar-refractivity contribution in [3.63, 3.8) is 0 Å². The maximum absolute atomic E-state index is 12.2. The lowest BCUT2D eigenvalue weighted by Gasteiger charge is -2.14. The number of halogens is 1. The Morgan fingerprint density at radius 3 is 2.70 bits per heavy atom. The van der Waals surface area contributed by atoms with Crippen molar-refractivity contribution < 1.29 is 9.21 Å². The van der Waals surface area contributed by atoms with Gasteiger partial charge in [-0.1, -0.05) is 17.7 Å². The third kappa shape index (κ3) is 2.80. The summed E-state index contributed by atoms with van der Waals surface area (Å²) < 4.78 is 5.47. The first kappa shape index (κ1) is 14.5. The Hall–Kier alpha value is -1.94. The fraction of sp³-hybridized carbons (Fsp3) is 0.267. The van der Waals surface area contributed by atoms with Crippen LogP contribution in [0.4, 0.5) is 5.69 Å². The molecular weight excluding hydrogens is 276 g/mol. The molecular formula is C15H17ClN2O2. The number of furan rings is 1. The summed E-state index contributed by atoms with van der Waals surface area (Å²) in [5.41, 5.74) is 7.42. The Kier molecular flexibility index (Phi) is 4.04. The first-order valence-corrected chi connectivity index (χ1v) is 6.69. The van der Waals surface area contributed by atoms with Gasteiger partial charge in [0.1, 0.15) is 11.5 Å². The highest BCUT2D eigenvalue weighted by molar-refractivity contribution is 6.36. The lowest BCUT2D eigenvalue weighted by Crippen LogP contribution is -2.27. The molecule has 106 valence electrons. The van der Waals surface area contributed by atoms with Crippen LogP contribution in [0.25, 0.3) is 0 Å². The van der Waals surface area contributed by atoms with Crippen molar-refractivity contribution in [2.75, 3.05) is 5.73 Å². The second kappa shape index (κ2) is 5.59. The molecule has 0 aliphatic rings. The summed E-state index contributed by atoms with van der Waals surface area (Å²) in [7, 11) is 0. The maximum Gasteiger partial charge on any atom is 0.253 e. The van der Waals surface area contributed by atoms with Crippen LogP contribution in [0.3, 0.4) is 0 Å². The van der Waals surface area contributed by atoms with E-state index in [0.29, 0.717) is 11.3 Å². The van der Waals surface area contributed by atoms with Crippen LogP contribution in [-0.4, -0.2) is 5.91 Å². The van der Waals surface area contributed by atoms with E-state index in [1.807, 2.05) is 26.8 Å². The van der Waals surface area contributed by atoms with Crippen LogP contribution in [0.1, 0.15) is 40.4 Å². The van der Waals surface area contributed by atoms with Gasteiger partial charge in [0.25, 0.3) is 5.91 Å². The van der Waals surface area contributed by atoms with Gasteiger partial charge in [0, 0.05) is 5.56 Å². The Morgan fingerprint density at radius 2 is 2.10 bits per heavy atom. The van der Waals surface area contributed by atoms with Crippen molar-refractivity contribution >= 4 is 23.2 Å². The van der Waals surface area contributed by atoms with Gasteiger partial charge in [0.15, 0.2) is 0 Å². The van der Waals surface area contributed by atoms with E-state index in [4.69, 9.17) is 21.8 Å². The second-order valence-electron chi connectivity index (χ2n) is 4.77. The summed E-state index contributed by atoms with van der Waals surface area (Å²) in [4.78, 5) is 12.2. The first-order valence-electron chi connectivity index (χ1n) is 6.32. The fourth-order valence-electron chi connectivity index (χ4n) is 2.16. The van der Waals surface area contributed by atoms with Crippen molar-refractivity contribution in [3.8, 4) is 0 Å². The average Bonchev–Trinajstić information content (AvgIpc) is 2.71. The van der Waals surface area contributed by atoms with E-state index in [9.17, 15) is 4.79 Å². The van der Waals surface area contributed by atoms with Gasteiger partial charge in [-0.15, -0.1) is 0 Å². The van der Waals surface area contributed by atoms with Crippen molar-refractivity contribution in [2.45, 2.75) is 26.8 Å². The molecule has 0 aliphatic heterocycles. The highest BCUT2D eigenvalue weighted by atomic mass is 35.5. The second-order valence-corrected chi connectivity index (χ2v) is 5.15. The quantitative estimate of drug-likeness (QED) is 0.849. The van der Waals surface area contributed by atoms with Crippen LogP contribution in [-0.2, 0) is 0 Å². The van der Waals surface area contributed by atoms with E-state index >= 15 is 0 Å². The molecule has 1 atom stereocenters. The highest BCUT2D eigenvalue weighted by Gasteiger charge is 2.18. The molecule has 0 bridgehead atoms. The van der Waals surface area contributed by atoms with Crippen molar-refractivity contribution in [1.29, 1.82) is 0 Å². The van der Waals surface area contributed by atoms with E-state index < -0.39 is 0 Å². The molecule has 0 saturated carbocycles. The molecule has 1 heterocycles. The van der Waals surface area contributed by atoms with Crippen molar-refractivity contribution in [1.82, 2.24) is 5.32 Å². The number of aryl methyl sites for hydroxylation is 2. The summed E-state index contributed by atoms with van der Waals surface area (Å²) in [5.74, 6) is 1.36. The lowest BCUT2D eigenvalue weighted by molar-refractivity contribution is 0.0940. The molecule has 0 aliphatic carbocycles. The topological polar surface area (TPSA) is 68.3 Å². The van der Waals surface area contributed by atoms with Gasteiger partial charge in [-0.3, -0.25) is 4.79 Å². The molecule has 20 heavy (non-hydrogen) atoms. The molecule has 4 nitrogen and oxygen atoms in total. The molecule has 2 aromatic rings. The zero-order valence-corrected chi connectivity index (χ0v) is 12.4. The van der Waals surface area contributed by atoms with Gasteiger partial charge in [-0.2, -0.15) is 0 Å². The van der Waals surface area contributed by atoms with Crippen LogP contribution in [0.2, 0.25) is 5.02 Å². The monoisotopic (exact) mass is 292 g/mol. The summed E-state index contributed by atoms with van der Waals surface area (Å²) in [6, 6.07) is 6.76. The number of nitrogens with one attached hydrogen (secondary N) is 1. The minimum Gasteiger partial charge on any atom is -0.466 e. The van der Waals surface area contributed by atoms with Crippen LogP contribution >= 0.6 is 11.6 Å². The lowest BCUT2D eigenvalue weighted by atomic mass is 10.1. The number of rotatable bonds is 3. The normalized spacial score (nSPS) is 12.2. The van der Waals surface area contributed by atoms with Gasteiger partial charge in [-0.25, -0.2) is 0 Å². The van der Waals surface area contributed by atoms with Gasteiger partial charge in [-0.05, 0) is 39.0 Å². The fourth-order valence-corrected chi connectivity index (χ4v) is 2.37. The number of hydrogen-bond donors (Lipinski definition) is 2. The molecule has 1 amide bonds. The number of carbonyl (C=O) groups excluding carboxylic acids is 1. The third-order valence-corrected chi connectivity index (χ3v) is 3.59. The standard InChI is InChI=1S/C15H17ClN2O2/c1-8-7-12(10(3)20-8)9(2)18-15(19)11-5-4-6-13(17)14(11)16/h4-7,9H,17H2,1-3H3,(H,18,19). The van der Waals surface area contributed by atoms with E-state index in [1.165, 1.54) is 0 Å². The number of nitrogen functional groups attached to an aromatic ring is 1. The summed E-state index contributed by atoms with van der Waals surface area (Å²) in [5, 5.41) is 3.17. The third-order valence-electron chi connectivity index (χ3n) is 3.17. The molecule has 0 saturated heterocycles. The zero-order chi connectivity index (χ0) is 14.9. The average molecular weight is 293 g/mol. The number of nitrogens with two attached hydrogens (primary N) is 1. The minimum atomic E-state index is -0.256. The molecule has 0 fully saturated rings. The molecule has 2 rings (SSSR count). The number of hydrogen-bond acceptors (Lipinski definition) is 3. The zero-order valence-electron chi connectivity index (χ0n) is 11.7. The number of amides is 1. The smallest absolute Gasteiger partial charge is 0.253 e. The van der Waals surface area contributed by atoms with Gasteiger partial charge >= 0.3 is 0 Å². The molecule has 1 aromatic heterocycles. The van der Waals surface area contributed by atoms with Gasteiger partial charge in [0.05, 0.1) is 22.3 Å². The predicted octanol–water partition coefficient (Wildman–Crippen LogP) is 3.62. The van der Waals surface area contributed by atoms with E-state index in [0.717, 1.165) is 17.1 Å². The minimum absolute atomic E-state index is 0.169. The summed E-state index contributed by atoms with van der Waals surface area (Å²) >= 11 is 6.05. The maximum atomic E-state index is 12.2. The van der Waals surface area contributed by atoms with Crippen molar-refractivity contribution in [3.05, 3.63) is 51.9 Å². The predicted molar refractivity (Wildman–Crippen MR) is 79.9 cm³/mol. The number of anilines is 1. The molecule has 5 heteroatoms. The van der Waals surface area contributed by atoms with Crippen LogP contribution in [0.15, 0.2) is 28.7 Å². The van der Waals surface area contributed by atoms with Crippen molar-refractivity contribution in [2.24, 2.45) is 0 Å². The van der Waals surface area contributed by atoms with E-state index in [1.54, 1.807) is 18.2 Å². The highest BCUT2D eigenvalue weighted by Crippen LogP contribution is 2.25. The number of carbonyl (C=O) groups is 1. The van der Waals surface area contributed by atoms with E-state index in [2.05, 4.69) is 5.32 Å². The largest absolute Gasteiger partial charge is 0.466 e. The van der Waals surface area contributed by atoms with Gasteiger partial charge in [0.2, 0.25) is 0 Å². The SMILES string of the molecule is Cc1cc(C(C)NC(=O)c2cccc(N)c2Cl)c(C)o1. The Labute approximate surface area is 122 Å². The Balaban J connectivity index is 2.19. The molecule has 1 unspecified atom stereocenters. The van der Waals surface area contributed by atoms with Crippen LogP contribution in [0.5, 0.6) is 0 Å². The number of benzene rings is 1. The first-order chi connectivity index (χ1) is 9.40. The Bertz CT molecular complexity index is 649. The van der Waals surface area contributed by atoms with Gasteiger partial charge < -0.3 is 15.5 Å². The van der Waals surface area contributed by atoms with Crippen LogP contribution < -0.4 is 11.1 Å². The molecule has 0 radical (unpaired) electrons. The summed E-state index contributed by atoms with van der Waals surface area (Å²) in [6.45, 7) is 5.65. The van der Waals surface area contributed by atoms with E-state index in [-0.39, 0.29) is 17.0 Å². The molecule has 3 N–H and O–H groups in total. The molecule has 0 spiro atoms. The van der Waals surface area contributed by atoms with Crippen LogP contribution in [0, 0.1) is 13.8 Å². The molecule has 1 aromatic carbocycles.